The summed E-state index contributed by atoms with van der Waals surface area (Å²) in [5.74, 6) is 1.17. The topological polar surface area (TPSA) is 83.4 Å². The molecule has 5 rings (SSSR count). The van der Waals surface area contributed by atoms with E-state index in [2.05, 4.69) is 45.3 Å². The van der Waals surface area contributed by atoms with E-state index in [-0.39, 0.29) is 5.43 Å². The molecule has 7 nitrogen and oxygen atoms in total. The molecule has 0 spiro atoms. The summed E-state index contributed by atoms with van der Waals surface area (Å²) in [5.41, 5.74) is 5.55. The summed E-state index contributed by atoms with van der Waals surface area (Å²) in [6, 6.07) is 11.6. The lowest BCUT2D eigenvalue weighted by Gasteiger charge is -2.31. The normalized spacial score (nSPS) is 14.2. The van der Waals surface area contributed by atoms with Gasteiger partial charge in [-0.2, -0.15) is 0 Å². The Morgan fingerprint density at radius 1 is 1.13 bits per heavy atom. The molecule has 0 unspecified atom stereocenters. The van der Waals surface area contributed by atoms with Crippen molar-refractivity contribution in [3.8, 4) is 28.3 Å². The van der Waals surface area contributed by atoms with Crippen molar-refractivity contribution in [3.63, 3.8) is 0 Å². The van der Waals surface area contributed by atoms with Gasteiger partial charge < -0.3 is 24.4 Å². The summed E-state index contributed by atoms with van der Waals surface area (Å²) in [5, 5.41) is 3.97. The summed E-state index contributed by atoms with van der Waals surface area (Å²) in [6.45, 7) is 6.02. The van der Waals surface area contributed by atoms with E-state index < -0.39 is 0 Å². The van der Waals surface area contributed by atoms with Gasteiger partial charge in [0.2, 0.25) is 0 Å². The number of oxazole rings is 1. The van der Waals surface area contributed by atoms with Gasteiger partial charge in [0, 0.05) is 60.6 Å². The zero-order valence-corrected chi connectivity index (χ0v) is 17.6. The zero-order chi connectivity index (χ0) is 21.4. The van der Waals surface area contributed by atoms with Gasteiger partial charge in [-0.3, -0.25) is 4.79 Å². The molecule has 0 radical (unpaired) electrons. The molecule has 1 aliphatic heterocycles. The fourth-order valence-electron chi connectivity index (χ4n) is 4.17. The number of benzene rings is 2. The summed E-state index contributed by atoms with van der Waals surface area (Å²) in [6.07, 6.45) is 2.97. The molecule has 1 saturated heterocycles. The number of nitrogens with zero attached hydrogens (tertiary/aromatic N) is 2. The van der Waals surface area contributed by atoms with Crippen LogP contribution in [0.15, 0.2) is 58.2 Å². The largest absolute Gasteiger partial charge is 0.496 e. The number of hydrogen-bond acceptors (Lipinski definition) is 6. The van der Waals surface area contributed by atoms with Gasteiger partial charge in [0.15, 0.2) is 17.6 Å². The Morgan fingerprint density at radius 3 is 2.71 bits per heavy atom. The van der Waals surface area contributed by atoms with E-state index in [1.54, 1.807) is 25.4 Å². The molecule has 0 aliphatic carbocycles. The van der Waals surface area contributed by atoms with Gasteiger partial charge in [-0.25, -0.2) is 4.98 Å². The smallest absolute Gasteiger partial charge is 0.190 e. The van der Waals surface area contributed by atoms with Gasteiger partial charge in [-0.05, 0) is 24.6 Å². The molecule has 1 aliphatic rings. The second kappa shape index (κ2) is 7.92. The number of aromatic amines is 1. The molecular formula is C24H24N4O3. The Hall–Kier alpha value is -3.58. The fourth-order valence-corrected chi connectivity index (χ4v) is 4.17. The lowest BCUT2D eigenvalue weighted by Crippen LogP contribution is -2.43. The molecule has 0 amide bonds. The number of H-pyrrole nitrogens is 1. The number of methoxy groups -OCH3 is 1. The van der Waals surface area contributed by atoms with Crippen LogP contribution < -0.4 is 20.4 Å². The fraction of sp³-hybridized carbons (Fsp3) is 0.250. The standard InChI is InChI=1S/C24H24N4O3/c1-15-3-4-16(9-21(15)28-7-5-25-6-8-28)19-11-22(29)17-10-18(24-13-26-14-31-24)23(30-2)12-20(17)27-19/h3-4,9-14,25H,5-8H2,1-2H3,(H,27,29). The van der Waals surface area contributed by atoms with E-state index >= 15 is 0 Å². The van der Waals surface area contributed by atoms with Crippen molar-refractivity contribution in [1.29, 1.82) is 0 Å². The minimum absolute atomic E-state index is 0.0588. The van der Waals surface area contributed by atoms with Crippen LogP contribution in [0, 0.1) is 6.92 Å². The predicted octanol–water partition coefficient (Wildman–Crippen LogP) is 3.58. The van der Waals surface area contributed by atoms with Gasteiger partial charge >= 0.3 is 0 Å². The van der Waals surface area contributed by atoms with Crippen molar-refractivity contribution >= 4 is 16.6 Å². The monoisotopic (exact) mass is 416 g/mol. The van der Waals surface area contributed by atoms with Crippen LogP contribution in [0.1, 0.15) is 5.56 Å². The van der Waals surface area contributed by atoms with Gasteiger partial charge in [-0.1, -0.05) is 12.1 Å². The Bertz CT molecular complexity index is 1290. The second-order valence-electron chi connectivity index (χ2n) is 7.75. The van der Waals surface area contributed by atoms with Crippen molar-refractivity contribution in [2.24, 2.45) is 0 Å². The SMILES string of the molecule is COc1cc2[nH]c(-c3ccc(C)c(N4CCNCC4)c3)cc(=O)c2cc1-c1cnco1. The number of anilines is 1. The third-order valence-electron chi connectivity index (χ3n) is 5.83. The van der Waals surface area contributed by atoms with Crippen LogP contribution in [0.4, 0.5) is 5.69 Å². The molecule has 0 atom stereocenters. The number of ether oxygens (including phenoxy) is 1. The van der Waals surface area contributed by atoms with Crippen molar-refractivity contribution in [1.82, 2.24) is 15.3 Å². The third kappa shape index (κ3) is 3.57. The molecule has 2 aromatic heterocycles. The van der Waals surface area contributed by atoms with Crippen LogP contribution in [0.25, 0.3) is 33.5 Å². The maximum absolute atomic E-state index is 13.0. The van der Waals surface area contributed by atoms with Crippen molar-refractivity contribution in [2.75, 3.05) is 38.2 Å². The average Bonchev–Trinajstić information content (AvgIpc) is 3.34. The lowest BCUT2D eigenvalue weighted by molar-refractivity contribution is 0.415. The van der Waals surface area contributed by atoms with Crippen LogP contribution in [-0.2, 0) is 0 Å². The lowest BCUT2D eigenvalue weighted by atomic mass is 10.0. The zero-order valence-electron chi connectivity index (χ0n) is 17.6. The first kappa shape index (κ1) is 19.4. The van der Waals surface area contributed by atoms with Crippen molar-refractivity contribution < 1.29 is 9.15 Å². The molecule has 1 fully saturated rings. The summed E-state index contributed by atoms with van der Waals surface area (Å²) < 4.78 is 11.0. The maximum atomic E-state index is 13.0. The highest BCUT2D eigenvalue weighted by Gasteiger charge is 2.16. The van der Waals surface area contributed by atoms with E-state index in [9.17, 15) is 4.79 Å². The number of rotatable bonds is 4. The number of piperazine rings is 1. The quantitative estimate of drug-likeness (QED) is 0.529. The highest BCUT2D eigenvalue weighted by Crippen LogP contribution is 2.34. The number of aromatic nitrogens is 2. The minimum Gasteiger partial charge on any atom is -0.496 e. The van der Waals surface area contributed by atoms with Crippen molar-refractivity contribution in [3.05, 3.63) is 64.8 Å². The molecule has 2 aromatic carbocycles. The molecule has 4 aromatic rings. The van der Waals surface area contributed by atoms with Gasteiger partial charge in [0.05, 0.1) is 24.4 Å². The number of pyridine rings is 1. The van der Waals surface area contributed by atoms with E-state index in [4.69, 9.17) is 9.15 Å². The van der Waals surface area contributed by atoms with E-state index in [1.807, 2.05) is 6.07 Å². The van der Waals surface area contributed by atoms with E-state index in [1.165, 1.54) is 17.6 Å². The van der Waals surface area contributed by atoms with Gasteiger partial charge in [0.25, 0.3) is 0 Å². The third-order valence-corrected chi connectivity index (χ3v) is 5.83. The molecular weight excluding hydrogens is 392 g/mol. The second-order valence-corrected chi connectivity index (χ2v) is 7.75. The molecule has 3 heterocycles. The average molecular weight is 416 g/mol. The molecule has 0 saturated carbocycles. The van der Waals surface area contributed by atoms with Gasteiger partial charge in [0.1, 0.15) is 5.75 Å². The summed E-state index contributed by atoms with van der Waals surface area (Å²) in [7, 11) is 1.60. The molecule has 0 bridgehead atoms. The van der Waals surface area contributed by atoms with Crippen LogP contribution in [0.2, 0.25) is 0 Å². The molecule has 158 valence electrons. The van der Waals surface area contributed by atoms with Crippen LogP contribution in [0.5, 0.6) is 5.75 Å². The highest BCUT2D eigenvalue weighted by atomic mass is 16.5. The Balaban J connectivity index is 1.61. The van der Waals surface area contributed by atoms with Crippen LogP contribution in [-0.4, -0.2) is 43.3 Å². The highest BCUT2D eigenvalue weighted by molar-refractivity contribution is 5.89. The number of fused-ring (bicyclic) bond motifs is 1. The Morgan fingerprint density at radius 2 is 1.97 bits per heavy atom. The van der Waals surface area contributed by atoms with Crippen molar-refractivity contribution in [2.45, 2.75) is 6.92 Å². The van der Waals surface area contributed by atoms with Crippen LogP contribution >= 0.6 is 0 Å². The summed E-state index contributed by atoms with van der Waals surface area (Å²) >= 11 is 0. The first-order chi connectivity index (χ1) is 15.1. The van der Waals surface area contributed by atoms with E-state index in [0.717, 1.165) is 37.4 Å². The van der Waals surface area contributed by atoms with Gasteiger partial charge in [-0.15, -0.1) is 0 Å². The number of aryl methyl sites for hydroxylation is 1. The number of nitrogens with one attached hydrogen (secondary N) is 2. The predicted molar refractivity (Wildman–Crippen MR) is 122 cm³/mol. The minimum atomic E-state index is -0.0588. The first-order valence-corrected chi connectivity index (χ1v) is 10.3. The Labute approximate surface area is 179 Å². The van der Waals surface area contributed by atoms with E-state index in [0.29, 0.717) is 28.0 Å². The molecule has 2 N–H and O–H groups in total. The Kier molecular flexibility index (Phi) is 4.95. The molecule has 31 heavy (non-hydrogen) atoms. The maximum Gasteiger partial charge on any atom is 0.190 e. The summed E-state index contributed by atoms with van der Waals surface area (Å²) in [4.78, 5) is 22.8. The first-order valence-electron chi connectivity index (χ1n) is 10.3. The molecule has 7 heteroatoms. The van der Waals surface area contributed by atoms with Crippen LogP contribution in [0.3, 0.4) is 0 Å². The number of hydrogen-bond donors (Lipinski definition) is 2.